The predicted octanol–water partition coefficient (Wildman–Crippen LogP) is 3.13. The van der Waals surface area contributed by atoms with E-state index in [1.54, 1.807) is 12.1 Å². The molecule has 1 aromatic rings. The average molecular weight is 217 g/mol. The zero-order valence-corrected chi connectivity index (χ0v) is 10.4. The molecule has 0 amide bonds. The van der Waals surface area contributed by atoms with Crippen molar-refractivity contribution < 1.29 is 4.79 Å². The van der Waals surface area contributed by atoms with E-state index in [0.29, 0.717) is 5.69 Å². The molecule has 86 valence electrons. The van der Waals surface area contributed by atoms with E-state index in [2.05, 4.69) is 27.7 Å². The van der Waals surface area contributed by atoms with E-state index in [0.717, 1.165) is 5.56 Å². The molecule has 1 aromatic carbocycles. The fourth-order valence-corrected chi connectivity index (χ4v) is 2.67. The highest BCUT2D eigenvalue weighted by atomic mass is 16.1. The predicted molar refractivity (Wildman–Crippen MR) is 66.2 cm³/mol. The van der Waals surface area contributed by atoms with Crippen LogP contribution in [0.1, 0.15) is 38.1 Å². The van der Waals surface area contributed by atoms with Crippen molar-refractivity contribution in [3.05, 3.63) is 29.8 Å². The lowest BCUT2D eigenvalue weighted by molar-refractivity contribution is 0.0945. The van der Waals surface area contributed by atoms with Crippen molar-refractivity contribution in [2.45, 2.75) is 27.7 Å². The van der Waals surface area contributed by atoms with Crippen molar-refractivity contribution in [2.75, 3.05) is 5.73 Å². The van der Waals surface area contributed by atoms with E-state index in [4.69, 9.17) is 5.73 Å². The van der Waals surface area contributed by atoms with Gasteiger partial charge in [-0.15, -0.1) is 0 Å². The molecule has 0 heterocycles. The fourth-order valence-electron chi connectivity index (χ4n) is 2.67. The quantitative estimate of drug-likeness (QED) is 0.611. The molecule has 16 heavy (non-hydrogen) atoms. The number of carbonyl (C=O) groups is 1. The van der Waals surface area contributed by atoms with Gasteiger partial charge in [0.1, 0.15) is 0 Å². The fraction of sp³-hybridized carbons (Fsp3) is 0.500. The highest BCUT2D eigenvalue weighted by Crippen LogP contribution is 2.69. The van der Waals surface area contributed by atoms with Gasteiger partial charge in [0.2, 0.25) is 0 Å². The molecule has 2 heteroatoms. The van der Waals surface area contributed by atoms with Crippen LogP contribution in [0.5, 0.6) is 0 Å². The number of hydrogen-bond acceptors (Lipinski definition) is 2. The largest absolute Gasteiger partial charge is 0.399 e. The first kappa shape index (κ1) is 11.2. The molecular formula is C14H19NO. The minimum absolute atomic E-state index is 0.103. The van der Waals surface area contributed by atoms with Gasteiger partial charge in [0.05, 0.1) is 0 Å². The topological polar surface area (TPSA) is 43.1 Å². The normalized spacial score (nSPS) is 21.8. The van der Waals surface area contributed by atoms with Gasteiger partial charge < -0.3 is 5.73 Å². The number of ketones is 1. The minimum Gasteiger partial charge on any atom is -0.399 e. The number of rotatable bonds is 2. The first-order valence-electron chi connectivity index (χ1n) is 5.68. The van der Waals surface area contributed by atoms with E-state index < -0.39 is 0 Å². The number of nitrogens with two attached hydrogens (primary N) is 1. The molecule has 1 aliphatic carbocycles. The number of benzene rings is 1. The second-order valence-electron chi connectivity index (χ2n) is 5.86. The smallest absolute Gasteiger partial charge is 0.167 e. The third-order valence-corrected chi connectivity index (χ3v) is 4.48. The summed E-state index contributed by atoms with van der Waals surface area (Å²) >= 11 is 0. The first-order valence-corrected chi connectivity index (χ1v) is 5.68. The van der Waals surface area contributed by atoms with Gasteiger partial charge in [-0.25, -0.2) is 0 Å². The highest BCUT2D eigenvalue weighted by molar-refractivity contribution is 6.01. The number of hydrogen-bond donors (Lipinski definition) is 1. The molecule has 2 N–H and O–H groups in total. The maximum Gasteiger partial charge on any atom is 0.167 e. The van der Waals surface area contributed by atoms with Gasteiger partial charge in [-0.3, -0.25) is 4.79 Å². The Morgan fingerprint density at radius 1 is 1.06 bits per heavy atom. The monoisotopic (exact) mass is 217 g/mol. The zero-order valence-electron chi connectivity index (χ0n) is 10.4. The van der Waals surface area contributed by atoms with E-state index in [1.807, 2.05) is 12.1 Å². The van der Waals surface area contributed by atoms with Gasteiger partial charge in [-0.05, 0) is 35.1 Å². The Balaban J connectivity index is 2.26. The summed E-state index contributed by atoms with van der Waals surface area (Å²) in [6.07, 6.45) is 0. The molecule has 0 radical (unpaired) electrons. The second kappa shape index (κ2) is 3.09. The van der Waals surface area contributed by atoms with Gasteiger partial charge >= 0.3 is 0 Å². The number of anilines is 1. The van der Waals surface area contributed by atoms with Crippen molar-refractivity contribution in [1.29, 1.82) is 0 Å². The molecule has 0 unspecified atom stereocenters. The van der Waals surface area contributed by atoms with Crippen molar-refractivity contribution in [1.82, 2.24) is 0 Å². The molecule has 2 rings (SSSR count). The maximum absolute atomic E-state index is 12.3. The minimum atomic E-state index is 0.103. The number of Topliss-reactive ketones (excluding diaryl/α,β-unsaturated/α-hetero) is 1. The summed E-state index contributed by atoms with van der Waals surface area (Å²) in [6, 6.07) is 7.22. The van der Waals surface area contributed by atoms with Gasteiger partial charge in [0, 0.05) is 17.2 Å². The Bertz CT molecular complexity index is 415. The molecule has 0 saturated heterocycles. The molecule has 0 aliphatic heterocycles. The lowest BCUT2D eigenvalue weighted by Gasteiger charge is -2.03. The summed E-state index contributed by atoms with van der Waals surface area (Å²) < 4.78 is 0. The van der Waals surface area contributed by atoms with E-state index in [9.17, 15) is 4.79 Å². The van der Waals surface area contributed by atoms with Crippen molar-refractivity contribution in [3.63, 3.8) is 0 Å². The third-order valence-electron chi connectivity index (χ3n) is 4.48. The van der Waals surface area contributed by atoms with E-state index in [-0.39, 0.29) is 22.5 Å². The molecule has 0 atom stereocenters. The first-order chi connectivity index (χ1) is 7.28. The van der Waals surface area contributed by atoms with Crippen LogP contribution in [0.3, 0.4) is 0 Å². The van der Waals surface area contributed by atoms with Crippen molar-refractivity contribution in [3.8, 4) is 0 Å². The number of carbonyl (C=O) groups excluding carboxylic acids is 1. The molecule has 1 fully saturated rings. The van der Waals surface area contributed by atoms with Crippen LogP contribution in [0, 0.1) is 16.7 Å². The molecule has 1 aliphatic rings. The second-order valence-corrected chi connectivity index (χ2v) is 5.86. The van der Waals surface area contributed by atoms with E-state index >= 15 is 0 Å². The summed E-state index contributed by atoms with van der Waals surface area (Å²) in [5, 5.41) is 0. The van der Waals surface area contributed by atoms with Gasteiger partial charge in [0.25, 0.3) is 0 Å². The zero-order chi connectivity index (χ0) is 12.1. The van der Waals surface area contributed by atoms with Crippen LogP contribution >= 0.6 is 0 Å². The summed E-state index contributed by atoms with van der Waals surface area (Å²) in [4.78, 5) is 12.3. The summed E-state index contributed by atoms with van der Waals surface area (Å²) in [7, 11) is 0. The highest BCUT2D eigenvalue weighted by Gasteiger charge is 2.67. The number of nitrogen functional groups attached to an aromatic ring is 1. The van der Waals surface area contributed by atoms with E-state index in [1.165, 1.54) is 0 Å². The average Bonchev–Trinajstić information content (AvgIpc) is 2.57. The van der Waals surface area contributed by atoms with Gasteiger partial charge in [-0.2, -0.15) is 0 Å². The van der Waals surface area contributed by atoms with Crippen LogP contribution in [0.25, 0.3) is 0 Å². The van der Waals surface area contributed by atoms with Crippen LogP contribution in [0.2, 0.25) is 0 Å². The molecule has 2 nitrogen and oxygen atoms in total. The van der Waals surface area contributed by atoms with Gasteiger partial charge in [-0.1, -0.05) is 27.7 Å². The Morgan fingerprint density at radius 2 is 1.50 bits per heavy atom. The summed E-state index contributed by atoms with van der Waals surface area (Å²) in [5.74, 6) is 0.374. The van der Waals surface area contributed by atoms with Crippen molar-refractivity contribution in [2.24, 2.45) is 16.7 Å². The molecule has 0 spiro atoms. The molecule has 0 bridgehead atoms. The summed E-state index contributed by atoms with van der Waals surface area (Å²) in [5.41, 5.74) is 7.29. The third kappa shape index (κ3) is 1.36. The Labute approximate surface area is 96.8 Å². The molecule has 1 saturated carbocycles. The SMILES string of the molecule is CC1(C)C(C(=O)c2ccc(N)cc2)C1(C)C. The summed E-state index contributed by atoms with van der Waals surface area (Å²) in [6.45, 7) is 8.64. The lowest BCUT2D eigenvalue weighted by Crippen LogP contribution is -2.07. The van der Waals surface area contributed by atoms with Crippen LogP contribution in [0.15, 0.2) is 24.3 Å². The Kier molecular flexibility index (Phi) is 2.16. The maximum atomic E-state index is 12.3. The van der Waals surface area contributed by atoms with Crippen molar-refractivity contribution >= 4 is 11.5 Å². The lowest BCUT2D eigenvalue weighted by atomic mass is 10.0. The van der Waals surface area contributed by atoms with Crippen LogP contribution in [-0.4, -0.2) is 5.78 Å². The van der Waals surface area contributed by atoms with Gasteiger partial charge in [0.15, 0.2) is 5.78 Å². The van der Waals surface area contributed by atoms with Crippen LogP contribution < -0.4 is 5.73 Å². The Morgan fingerprint density at radius 3 is 1.88 bits per heavy atom. The molecular weight excluding hydrogens is 198 g/mol. The standard InChI is InChI=1S/C14H19NO/c1-13(2)12(14(13,3)4)11(16)9-5-7-10(15)8-6-9/h5-8,12H,15H2,1-4H3. The van der Waals surface area contributed by atoms with Crippen LogP contribution in [-0.2, 0) is 0 Å². The Hall–Kier alpha value is -1.31. The van der Waals surface area contributed by atoms with Crippen LogP contribution in [0.4, 0.5) is 5.69 Å². The molecule has 0 aromatic heterocycles.